The number of hydrogen-bond acceptors (Lipinski definition) is 2. The number of rotatable bonds is 2. The maximum Gasteiger partial charge on any atom is 0.419 e. The van der Waals surface area contributed by atoms with Crippen molar-refractivity contribution in [1.29, 1.82) is 0 Å². The van der Waals surface area contributed by atoms with E-state index in [0.717, 1.165) is 30.3 Å². The number of anilines is 1. The molecule has 0 saturated heterocycles. The van der Waals surface area contributed by atoms with E-state index in [1.54, 1.807) is 0 Å². The molecule has 0 aliphatic carbocycles. The Hall–Kier alpha value is -2.71. The van der Waals surface area contributed by atoms with Crippen molar-refractivity contribution in [3.8, 4) is 5.75 Å². The lowest BCUT2D eigenvalue weighted by atomic mass is 10.1. The Morgan fingerprint density at radius 2 is 1.54 bits per heavy atom. The van der Waals surface area contributed by atoms with Crippen LogP contribution in [0.1, 0.15) is 21.5 Å². The van der Waals surface area contributed by atoms with E-state index in [1.807, 2.05) is 5.32 Å². The third-order valence-electron chi connectivity index (χ3n) is 3.03. The standard InChI is InChI=1S/C15H9F6NO2/c16-14(17,18)8-3-1-4-9(7-8)22-13(24)10-5-2-6-11(12(10)23)15(19,20)21/h1-7,23H,(H,22,24). The number of phenols is 1. The summed E-state index contributed by atoms with van der Waals surface area (Å²) in [6.07, 6.45) is -9.52. The molecule has 0 aliphatic heterocycles. The fourth-order valence-electron chi connectivity index (χ4n) is 1.93. The van der Waals surface area contributed by atoms with Crippen molar-refractivity contribution in [2.45, 2.75) is 12.4 Å². The van der Waals surface area contributed by atoms with Gasteiger partial charge in [-0.2, -0.15) is 26.3 Å². The molecule has 0 atom stereocenters. The Kier molecular flexibility index (Phi) is 4.46. The number of alkyl halides is 6. The summed E-state index contributed by atoms with van der Waals surface area (Å²) < 4.78 is 75.9. The minimum Gasteiger partial charge on any atom is -0.506 e. The van der Waals surface area contributed by atoms with E-state index in [2.05, 4.69) is 0 Å². The van der Waals surface area contributed by atoms with E-state index in [1.165, 1.54) is 0 Å². The van der Waals surface area contributed by atoms with Crippen molar-refractivity contribution in [3.63, 3.8) is 0 Å². The van der Waals surface area contributed by atoms with Crippen LogP contribution in [0, 0.1) is 0 Å². The lowest BCUT2D eigenvalue weighted by Crippen LogP contribution is -2.15. The minimum atomic E-state index is -4.88. The third kappa shape index (κ3) is 3.79. The van der Waals surface area contributed by atoms with Crippen LogP contribution in [0.5, 0.6) is 5.75 Å². The number of carbonyl (C=O) groups excluding carboxylic acids is 1. The van der Waals surface area contributed by atoms with Gasteiger partial charge < -0.3 is 10.4 Å². The molecule has 2 rings (SSSR count). The fraction of sp³-hybridized carbons (Fsp3) is 0.133. The monoisotopic (exact) mass is 349 g/mol. The Bertz CT molecular complexity index is 767. The van der Waals surface area contributed by atoms with E-state index in [0.29, 0.717) is 12.1 Å². The normalized spacial score (nSPS) is 12.1. The number of amides is 1. The second kappa shape index (κ2) is 6.06. The Labute approximate surface area is 131 Å². The molecule has 2 N–H and O–H groups in total. The smallest absolute Gasteiger partial charge is 0.419 e. The predicted molar refractivity (Wildman–Crippen MR) is 72.5 cm³/mol. The highest BCUT2D eigenvalue weighted by molar-refractivity contribution is 6.06. The van der Waals surface area contributed by atoms with Gasteiger partial charge in [-0.15, -0.1) is 0 Å². The number of phenolic OH excluding ortho intramolecular Hbond substituents is 1. The number of carbonyl (C=O) groups is 1. The number of benzene rings is 2. The summed E-state index contributed by atoms with van der Waals surface area (Å²) in [6.45, 7) is 0. The maximum absolute atomic E-state index is 12.7. The second-order valence-corrected chi connectivity index (χ2v) is 4.73. The lowest BCUT2D eigenvalue weighted by molar-refractivity contribution is -0.139. The number of halogens is 6. The van der Waals surface area contributed by atoms with Gasteiger partial charge in [-0.3, -0.25) is 4.79 Å². The van der Waals surface area contributed by atoms with Crippen molar-refractivity contribution in [3.05, 3.63) is 59.2 Å². The van der Waals surface area contributed by atoms with Crippen molar-refractivity contribution in [2.75, 3.05) is 5.32 Å². The molecule has 0 heterocycles. The molecule has 0 bridgehead atoms. The van der Waals surface area contributed by atoms with Gasteiger partial charge in [0.2, 0.25) is 0 Å². The van der Waals surface area contributed by atoms with Gasteiger partial charge in [0.25, 0.3) is 5.91 Å². The van der Waals surface area contributed by atoms with Crippen molar-refractivity contribution in [1.82, 2.24) is 0 Å². The van der Waals surface area contributed by atoms with Crippen LogP contribution in [0.15, 0.2) is 42.5 Å². The van der Waals surface area contributed by atoms with E-state index in [4.69, 9.17) is 0 Å². The Morgan fingerprint density at radius 3 is 2.12 bits per heavy atom. The average molecular weight is 349 g/mol. The van der Waals surface area contributed by atoms with Crippen LogP contribution in [0.4, 0.5) is 32.0 Å². The van der Waals surface area contributed by atoms with Crippen molar-refractivity contribution < 1.29 is 36.2 Å². The molecule has 0 aromatic heterocycles. The summed E-state index contributed by atoms with van der Waals surface area (Å²) in [4.78, 5) is 12.0. The summed E-state index contributed by atoms with van der Waals surface area (Å²) in [5.74, 6) is -2.47. The first-order valence-corrected chi connectivity index (χ1v) is 6.38. The molecule has 0 fully saturated rings. The van der Waals surface area contributed by atoms with Gasteiger partial charge in [-0.1, -0.05) is 12.1 Å². The summed E-state index contributed by atoms with van der Waals surface area (Å²) in [7, 11) is 0. The molecule has 0 spiro atoms. The molecule has 128 valence electrons. The number of para-hydroxylation sites is 1. The van der Waals surface area contributed by atoms with Gasteiger partial charge in [0.1, 0.15) is 5.75 Å². The molecule has 0 radical (unpaired) electrons. The zero-order chi connectivity index (χ0) is 18.1. The van der Waals surface area contributed by atoms with Crippen LogP contribution in [0.3, 0.4) is 0 Å². The van der Waals surface area contributed by atoms with Crippen LogP contribution in [0.25, 0.3) is 0 Å². The summed E-state index contributed by atoms with van der Waals surface area (Å²) >= 11 is 0. The van der Waals surface area contributed by atoms with Crippen LogP contribution in [0.2, 0.25) is 0 Å². The maximum atomic E-state index is 12.7. The Balaban J connectivity index is 2.32. The van der Waals surface area contributed by atoms with Gasteiger partial charge >= 0.3 is 12.4 Å². The first-order chi connectivity index (χ1) is 11.0. The molecule has 1 amide bonds. The van der Waals surface area contributed by atoms with Gasteiger partial charge in [0.05, 0.1) is 16.7 Å². The van der Waals surface area contributed by atoms with E-state index in [-0.39, 0.29) is 5.69 Å². The van der Waals surface area contributed by atoms with E-state index in [9.17, 15) is 36.2 Å². The molecule has 2 aromatic carbocycles. The van der Waals surface area contributed by atoms with Gasteiger partial charge in [0, 0.05) is 5.69 Å². The number of hydrogen-bond donors (Lipinski definition) is 2. The highest BCUT2D eigenvalue weighted by Crippen LogP contribution is 2.37. The van der Waals surface area contributed by atoms with E-state index >= 15 is 0 Å². The van der Waals surface area contributed by atoms with Crippen molar-refractivity contribution >= 4 is 11.6 Å². The first kappa shape index (κ1) is 17.6. The zero-order valence-corrected chi connectivity index (χ0v) is 11.7. The molecule has 0 aliphatic rings. The molecule has 2 aromatic rings. The first-order valence-electron chi connectivity index (χ1n) is 6.38. The topological polar surface area (TPSA) is 49.3 Å². The van der Waals surface area contributed by atoms with Crippen LogP contribution < -0.4 is 5.32 Å². The van der Waals surface area contributed by atoms with Crippen LogP contribution in [-0.2, 0) is 12.4 Å². The summed E-state index contributed by atoms with van der Waals surface area (Å²) in [5.41, 5.74) is -3.43. The SMILES string of the molecule is O=C(Nc1cccc(C(F)(F)F)c1)c1cccc(C(F)(F)F)c1O. The highest BCUT2D eigenvalue weighted by atomic mass is 19.4. The summed E-state index contributed by atoms with van der Waals surface area (Å²) in [5, 5.41) is 11.6. The molecule has 0 unspecified atom stereocenters. The molecule has 0 saturated carbocycles. The van der Waals surface area contributed by atoms with Crippen LogP contribution >= 0.6 is 0 Å². The van der Waals surface area contributed by atoms with Gasteiger partial charge in [-0.25, -0.2) is 0 Å². The zero-order valence-electron chi connectivity index (χ0n) is 11.7. The quantitative estimate of drug-likeness (QED) is 0.774. The molecular weight excluding hydrogens is 340 g/mol. The highest BCUT2D eigenvalue weighted by Gasteiger charge is 2.35. The molecule has 24 heavy (non-hydrogen) atoms. The lowest BCUT2D eigenvalue weighted by Gasteiger charge is -2.13. The molecule has 9 heteroatoms. The minimum absolute atomic E-state index is 0.272. The largest absolute Gasteiger partial charge is 0.506 e. The van der Waals surface area contributed by atoms with E-state index < -0.39 is 40.7 Å². The second-order valence-electron chi connectivity index (χ2n) is 4.73. The average Bonchev–Trinajstić information content (AvgIpc) is 2.45. The van der Waals surface area contributed by atoms with Gasteiger partial charge in [0.15, 0.2) is 0 Å². The van der Waals surface area contributed by atoms with Gasteiger partial charge in [-0.05, 0) is 30.3 Å². The van der Waals surface area contributed by atoms with Crippen molar-refractivity contribution in [2.24, 2.45) is 0 Å². The third-order valence-corrected chi connectivity index (χ3v) is 3.03. The molecule has 3 nitrogen and oxygen atoms in total. The molecular formula is C15H9F6NO2. The predicted octanol–water partition coefficient (Wildman–Crippen LogP) is 4.68. The summed E-state index contributed by atoms with van der Waals surface area (Å²) in [6, 6.07) is 5.98. The number of aromatic hydroxyl groups is 1. The Morgan fingerprint density at radius 1 is 0.917 bits per heavy atom. The number of nitrogens with one attached hydrogen (secondary N) is 1. The fourth-order valence-corrected chi connectivity index (χ4v) is 1.93. The van der Waals surface area contributed by atoms with Crippen LogP contribution in [-0.4, -0.2) is 11.0 Å².